The summed E-state index contributed by atoms with van der Waals surface area (Å²) >= 11 is 0. The first-order chi connectivity index (χ1) is 8.93. The van der Waals surface area contributed by atoms with Gasteiger partial charge in [0.15, 0.2) is 5.78 Å². The molecule has 0 saturated carbocycles. The zero-order chi connectivity index (χ0) is 14.5. The highest BCUT2D eigenvalue weighted by molar-refractivity contribution is 7.89. The SMILES string of the molecule is C=CCN(CC=C)S(=O)(=O)c1cccc(C(C)=O)c1. The Morgan fingerprint density at radius 2 is 1.84 bits per heavy atom. The van der Waals surface area contributed by atoms with Crippen LogP contribution in [0.4, 0.5) is 0 Å². The first-order valence-corrected chi connectivity index (χ1v) is 7.20. The molecule has 1 rings (SSSR count). The molecular formula is C14H17NO3S. The molecule has 0 aliphatic carbocycles. The molecule has 0 spiro atoms. The molecule has 0 aromatic heterocycles. The van der Waals surface area contributed by atoms with Gasteiger partial charge in [-0.25, -0.2) is 8.42 Å². The third kappa shape index (κ3) is 3.62. The number of carbonyl (C=O) groups is 1. The van der Waals surface area contributed by atoms with Gasteiger partial charge in [0.05, 0.1) is 4.90 Å². The van der Waals surface area contributed by atoms with Crippen molar-refractivity contribution in [3.63, 3.8) is 0 Å². The molecule has 0 N–H and O–H groups in total. The lowest BCUT2D eigenvalue weighted by Gasteiger charge is -2.19. The van der Waals surface area contributed by atoms with Crippen LogP contribution in [-0.2, 0) is 10.0 Å². The molecule has 0 fully saturated rings. The summed E-state index contributed by atoms with van der Waals surface area (Å²) in [6.07, 6.45) is 3.02. The number of sulfonamides is 1. The summed E-state index contributed by atoms with van der Waals surface area (Å²) in [5.41, 5.74) is 0.373. The highest BCUT2D eigenvalue weighted by Gasteiger charge is 2.22. The standard InChI is InChI=1S/C14H17NO3S/c1-4-9-15(10-5-2)19(17,18)14-8-6-7-13(11-14)12(3)16/h4-8,11H,1-2,9-10H2,3H3. The molecule has 5 heteroatoms. The summed E-state index contributed by atoms with van der Waals surface area (Å²) in [5, 5.41) is 0. The number of ketones is 1. The van der Waals surface area contributed by atoms with E-state index in [2.05, 4.69) is 13.2 Å². The van der Waals surface area contributed by atoms with Crippen LogP contribution in [0.2, 0.25) is 0 Å². The maximum absolute atomic E-state index is 12.4. The molecule has 102 valence electrons. The van der Waals surface area contributed by atoms with Crippen molar-refractivity contribution in [2.45, 2.75) is 11.8 Å². The summed E-state index contributed by atoms with van der Waals surface area (Å²) in [6.45, 7) is 8.87. The van der Waals surface area contributed by atoms with E-state index in [9.17, 15) is 13.2 Å². The second-order valence-corrected chi connectivity index (χ2v) is 5.92. The number of nitrogens with zero attached hydrogens (tertiary/aromatic N) is 1. The Morgan fingerprint density at radius 1 is 1.26 bits per heavy atom. The van der Waals surface area contributed by atoms with E-state index in [4.69, 9.17) is 0 Å². The maximum Gasteiger partial charge on any atom is 0.243 e. The van der Waals surface area contributed by atoms with Crippen LogP contribution in [0, 0.1) is 0 Å². The lowest BCUT2D eigenvalue weighted by atomic mass is 10.2. The Labute approximate surface area is 114 Å². The lowest BCUT2D eigenvalue weighted by molar-refractivity contribution is 0.101. The fourth-order valence-electron chi connectivity index (χ4n) is 1.58. The predicted octanol–water partition coefficient (Wildman–Crippen LogP) is 2.25. The molecule has 0 atom stereocenters. The normalized spacial score (nSPS) is 11.3. The molecule has 0 saturated heterocycles. The Balaban J connectivity index is 3.24. The quantitative estimate of drug-likeness (QED) is 0.568. The first kappa shape index (κ1) is 15.3. The zero-order valence-electron chi connectivity index (χ0n) is 10.9. The third-order valence-corrected chi connectivity index (χ3v) is 4.37. The van der Waals surface area contributed by atoms with Crippen molar-refractivity contribution < 1.29 is 13.2 Å². The number of benzene rings is 1. The number of rotatable bonds is 7. The van der Waals surface area contributed by atoms with Crippen molar-refractivity contribution in [1.29, 1.82) is 0 Å². The van der Waals surface area contributed by atoms with Crippen molar-refractivity contribution in [1.82, 2.24) is 4.31 Å². The van der Waals surface area contributed by atoms with Gasteiger partial charge in [-0.3, -0.25) is 4.79 Å². The smallest absolute Gasteiger partial charge is 0.243 e. The van der Waals surface area contributed by atoms with Crippen LogP contribution in [0.25, 0.3) is 0 Å². The van der Waals surface area contributed by atoms with Gasteiger partial charge in [0.25, 0.3) is 0 Å². The largest absolute Gasteiger partial charge is 0.295 e. The van der Waals surface area contributed by atoms with Crippen LogP contribution in [-0.4, -0.2) is 31.6 Å². The minimum Gasteiger partial charge on any atom is -0.295 e. The highest BCUT2D eigenvalue weighted by atomic mass is 32.2. The van der Waals surface area contributed by atoms with Gasteiger partial charge < -0.3 is 0 Å². The molecule has 4 nitrogen and oxygen atoms in total. The van der Waals surface area contributed by atoms with Gasteiger partial charge in [0.1, 0.15) is 0 Å². The number of Topliss-reactive ketones (excluding diaryl/α,β-unsaturated/α-hetero) is 1. The minimum atomic E-state index is -3.64. The number of hydrogen-bond donors (Lipinski definition) is 0. The lowest BCUT2D eigenvalue weighted by Crippen LogP contribution is -2.31. The molecule has 0 amide bonds. The molecule has 1 aromatic carbocycles. The summed E-state index contributed by atoms with van der Waals surface area (Å²) < 4.78 is 26.1. The second-order valence-electron chi connectivity index (χ2n) is 3.98. The van der Waals surface area contributed by atoms with Crippen LogP contribution in [0.15, 0.2) is 54.5 Å². The fourth-order valence-corrected chi connectivity index (χ4v) is 3.01. The molecule has 0 aliphatic rings. The Kier molecular flexibility index (Phi) is 5.20. The van der Waals surface area contributed by atoms with Gasteiger partial charge in [-0.15, -0.1) is 13.2 Å². The molecule has 0 aliphatic heterocycles. The van der Waals surface area contributed by atoms with E-state index in [1.165, 1.54) is 35.5 Å². The molecule has 0 heterocycles. The molecular weight excluding hydrogens is 262 g/mol. The van der Waals surface area contributed by atoms with E-state index in [-0.39, 0.29) is 23.8 Å². The molecule has 0 radical (unpaired) electrons. The average Bonchev–Trinajstić information content (AvgIpc) is 2.38. The fraction of sp³-hybridized carbons (Fsp3) is 0.214. The minimum absolute atomic E-state index is 0.101. The Hall–Kier alpha value is -1.72. The van der Waals surface area contributed by atoms with Gasteiger partial charge in [-0.1, -0.05) is 24.3 Å². The van der Waals surface area contributed by atoms with E-state index >= 15 is 0 Å². The first-order valence-electron chi connectivity index (χ1n) is 5.76. The Bertz CT molecular complexity index is 580. The van der Waals surface area contributed by atoms with Crippen molar-refractivity contribution in [2.75, 3.05) is 13.1 Å². The van der Waals surface area contributed by atoms with Crippen molar-refractivity contribution in [3.8, 4) is 0 Å². The number of carbonyl (C=O) groups excluding carboxylic acids is 1. The van der Waals surface area contributed by atoms with Crippen molar-refractivity contribution in [3.05, 3.63) is 55.1 Å². The summed E-state index contributed by atoms with van der Waals surface area (Å²) in [7, 11) is -3.64. The van der Waals surface area contributed by atoms with Crippen molar-refractivity contribution >= 4 is 15.8 Å². The number of hydrogen-bond acceptors (Lipinski definition) is 3. The van der Waals surface area contributed by atoms with E-state index < -0.39 is 10.0 Å². The zero-order valence-corrected chi connectivity index (χ0v) is 11.7. The van der Waals surface area contributed by atoms with Crippen LogP contribution in [0.5, 0.6) is 0 Å². The van der Waals surface area contributed by atoms with Gasteiger partial charge in [-0.2, -0.15) is 4.31 Å². The van der Waals surface area contributed by atoms with Gasteiger partial charge in [0, 0.05) is 18.7 Å². The molecule has 1 aromatic rings. The van der Waals surface area contributed by atoms with Gasteiger partial charge in [0.2, 0.25) is 10.0 Å². The molecule has 0 bridgehead atoms. The Morgan fingerprint density at radius 3 is 2.32 bits per heavy atom. The van der Waals surface area contributed by atoms with E-state index in [0.29, 0.717) is 5.56 Å². The maximum atomic E-state index is 12.4. The summed E-state index contributed by atoms with van der Waals surface area (Å²) in [5.74, 6) is -0.170. The average molecular weight is 279 g/mol. The van der Waals surface area contributed by atoms with Gasteiger partial charge >= 0.3 is 0 Å². The van der Waals surface area contributed by atoms with E-state index in [1.807, 2.05) is 0 Å². The van der Waals surface area contributed by atoms with Crippen LogP contribution in [0.3, 0.4) is 0 Å². The topological polar surface area (TPSA) is 54.5 Å². The second kappa shape index (κ2) is 6.45. The van der Waals surface area contributed by atoms with Gasteiger partial charge in [-0.05, 0) is 19.1 Å². The highest BCUT2D eigenvalue weighted by Crippen LogP contribution is 2.17. The third-order valence-electron chi connectivity index (χ3n) is 2.54. The van der Waals surface area contributed by atoms with Crippen LogP contribution >= 0.6 is 0 Å². The molecule has 19 heavy (non-hydrogen) atoms. The monoisotopic (exact) mass is 279 g/mol. The predicted molar refractivity (Wildman–Crippen MR) is 75.6 cm³/mol. The summed E-state index contributed by atoms with van der Waals surface area (Å²) in [4.78, 5) is 11.4. The van der Waals surface area contributed by atoms with Crippen LogP contribution in [0.1, 0.15) is 17.3 Å². The van der Waals surface area contributed by atoms with Crippen molar-refractivity contribution in [2.24, 2.45) is 0 Å². The van der Waals surface area contributed by atoms with E-state index in [1.54, 1.807) is 12.1 Å². The van der Waals surface area contributed by atoms with Crippen LogP contribution < -0.4 is 0 Å². The molecule has 0 unspecified atom stereocenters. The summed E-state index contributed by atoms with van der Waals surface area (Å²) in [6, 6.07) is 6.01. The van der Waals surface area contributed by atoms with E-state index in [0.717, 1.165) is 0 Å².